The molecular formula is C30H41ClN4O4. The van der Waals surface area contributed by atoms with Gasteiger partial charge in [-0.3, -0.25) is 4.79 Å². The highest BCUT2D eigenvalue weighted by atomic mass is 35.5. The van der Waals surface area contributed by atoms with E-state index in [0.717, 1.165) is 87.3 Å². The fourth-order valence-corrected chi connectivity index (χ4v) is 6.25. The maximum Gasteiger partial charge on any atom is 0.272 e. The van der Waals surface area contributed by atoms with Crippen LogP contribution in [0.15, 0.2) is 30.6 Å². The Bertz CT molecular complexity index is 1090. The molecule has 0 aliphatic carbocycles. The van der Waals surface area contributed by atoms with Crippen molar-refractivity contribution in [1.29, 1.82) is 0 Å². The summed E-state index contributed by atoms with van der Waals surface area (Å²) in [5.74, 6) is 0.00662. The number of nitrogens with one attached hydrogen (secondary N) is 1. The van der Waals surface area contributed by atoms with Gasteiger partial charge < -0.3 is 24.4 Å². The van der Waals surface area contributed by atoms with Crippen molar-refractivity contribution in [3.05, 3.63) is 58.1 Å². The lowest BCUT2D eigenvalue weighted by molar-refractivity contribution is -0.0547. The molecule has 0 spiro atoms. The second kappa shape index (κ2) is 13.5. The Morgan fingerprint density at radius 3 is 2.69 bits per heavy atom. The number of carbonyl (C=O) groups excluding carboxylic acids is 1. The largest absolute Gasteiger partial charge is 0.379 e. The second-order valence-corrected chi connectivity index (χ2v) is 11.5. The van der Waals surface area contributed by atoms with Gasteiger partial charge in [-0.1, -0.05) is 23.7 Å². The molecule has 39 heavy (non-hydrogen) atoms. The summed E-state index contributed by atoms with van der Waals surface area (Å²) in [6.45, 7) is 4.82. The summed E-state index contributed by atoms with van der Waals surface area (Å²) in [5, 5.41) is 4.50. The summed E-state index contributed by atoms with van der Waals surface area (Å²) in [5.41, 5.74) is 3.53. The van der Waals surface area contributed by atoms with Gasteiger partial charge in [0.05, 0.1) is 24.9 Å². The fourth-order valence-electron chi connectivity index (χ4n) is 6.12. The van der Waals surface area contributed by atoms with Crippen molar-refractivity contribution in [2.24, 2.45) is 0 Å². The summed E-state index contributed by atoms with van der Waals surface area (Å²) in [6, 6.07) is 8.65. The highest BCUT2D eigenvalue weighted by molar-refractivity contribution is 6.30. The maximum atomic E-state index is 13.4. The SMILES string of the molecule is CO[C@@H]1COCC[C@@H]1NC1CCN(C(=O)c2ncnc(CC[C@@H]3CCC[C@H](c4ccc(Cl)cc4)O3)c2C)CC1. The first kappa shape index (κ1) is 28.4. The van der Waals surface area contributed by atoms with E-state index in [2.05, 4.69) is 27.4 Å². The first-order valence-corrected chi connectivity index (χ1v) is 14.8. The molecule has 3 saturated heterocycles. The maximum absolute atomic E-state index is 13.4. The molecule has 9 heteroatoms. The van der Waals surface area contributed by atoms with E-state index in [1.54, 1.807) is 7.11 Å². The highest BCUT2D eigenvalue weighted by Crippen LogP contribution is 2.33. The Morgan fingerprint density at radius 1 is 1.13 bits per heavy atom. The lowest BCUT2D eigenvalue weighted by Gasteiger charge is -2.38. The number of amides is 1. The Labute approximate surface area is 236 Å². The van der Waals surface area contributed by atoms with E-state index in [1.807, 2.05) is 24.0 Å². The van der Waals surface area contributed by atoms with Gasteiger partial charge in [-0.25, -0.2) is 9.97 Å². The predicted octanol–water partition coefficient (Wildman–Crippen LogP) is 4.68. The Balaban J connectivity index is 1.13. The standard InChI is InChI=1S/C30H41ClN4O4/c1-20-25(11-10-24-4-3-5-27(39-24)21-6-8-22(31)9-7-21)32-19-33-29(20)30(36)35-15-12-23(13-16-35)34-26-14-17-38-18-28(26)37-2/h6-9,19,23-24,26-28,34H,3-5,10-18H2,1-2H3/t24-,26-,27+,28+/m0/s1. The van der Waals surface area contributed by atoms with Crippen molar-refractivity contribution in [2.45, 2.75) is 88.7 Å². The summed E-state index contributed by atoms with van der Waals surface area (Å²) in [4.78, 5) is 24.3. The van der Waals surface area contributed by atoms with Gasteiger partial charge in [-0.05, 0) is 76.0 Å². The molecule has 4 heterocycles. The monoisotopic (exact) mass is 556 g/mol. The first-order valence-electron chi connectivity index (χ1n) is 14.4. The molecule has 0 bridgehead atoms. The number of benzene rings is 1. The Morgan fingerprint density at radius 2 is 1.92 bits per heavy atom. The normalized spacial score (nSPS) is 26.5. The molecule has 0 saturated carbocycles. The zero-order chi connectivity index (χ0) is 27.2. The number of hydrogen-bond acceptors (Lipinski definition) is 7. The summed E-state index contributed by atoms with van der Waals surface area (Å²) in [6.07, 6.45) is 9.55. The van der Waals surface area contributed by atoms with E-state index >= 15 is 0 Å². The van der Waals surface area contributed by atoms with Gasteiger partial charge in [-0.15, -0.1) is 0 Å². The number of carbonyl (C=O) groups is 1. The molecule has 212 valence electrons. The van der Waals surface area contributed by atoms with Gasteiger partial charge in [0.25, 0.3) is 5.91 Å². The zero-order valence-electron chi connectivity index (χ0n) is 23.1. The molecule has 5 rings (SSSR count). The quantitative estimate of drug-likeness (QED) is 0.505. The number of ether oxygens (including phenoxy) is 3. The first-order chi connectivity index (χ1) is 19.0. The topological polar surface area (TPSA) is 85.8 Å². The van der Waals surface area contributed by atoms with Gasteiger partial charge in [0.1, 0.15) is 12.0 Å². The van der Waals surface area contributed by atoms with Crippen molar-refractivity contribution in [3.8, 4) is 0 Å². The fraction of sp³-hybridized carbons (Fsp3) is 0.633. The van der Waals surface area contributed by atoms with Crippen LogP contribution in [-0.2, 0) is 20.6 Å². The molecule has 0 unspecified atom stereocenters. The van der Waals surface area contributed by atoms with Crippen LogP contribution in [-0.4, -0.2) is 78.5 Å². The second-order valence-electron chi connectivity index (χ2n) is 11.0. The number of methoxy groups -OCH3 is 1. The average Bonchev–Trinajstić information content (AvgIpc) is 2.97. The van der Waals surface area contributed by atoms with Crippen LogP contribution >= 0.6 is 11.6 Å². The van der Waals surface area contributed by atoms with Crippen LogP contribution in [0.2, 0.25) is 5.02 Å². The number of piperidine rings is 1. The van der Waals surface area contributed by atoms with Crippen LogP contribution in [0.1, 0.15) is 78.4 Å². The van der Waals surface area contributed by atoms with E-state index in [9.17, 15) is 4.79 Å². The van der Waals surface area contributed by atoms with E-state index in [0.29, 0.717) is 24.4 Å². The minimum Gasteiger partial charge on any atom is -0.379 e. The molecule has 1 aromatic carbocycles. The van der Waals surface area contributed by atoms with Crippen LogP contribution in [0.3, 0.4) is 0 Å². The van der Waals surface area contributed by atoms with Crippen LogP contribution in [0, 0.1) is 6.92 Å². The van der Waals surface area contributed by atoms with Crippen LogP contribution in [0.25, 0.3) is 0 Å². The minimum absolute atomic E-state index is 0.00662. The number of likely N-dealkylation sites (tertiary alicyclic amines) is 1. The number of nitrogens with zero attached hydrogens (tertiary/aromatic N) is 3. The smallest absolute Gasteiger partial charge is 0.272 e. The summed E-state index contributed by atoms with van der Waals surface area (Å²) in [7, 11) is 1.74. The molecule has 2 aromatic rings. The van der Waals surface area contributed by atoms with Gasteiger partial charge in [0.15, 0.2) is 0 Å². The Kier molecular flexibility index (Phi) is 9.85. The van der Waals surface area contributed by atoms with Crippen molar-refractivity contribution in [3.63, 3.8) is 0 Å². The van der Waals surface area contributed by atoms with Gasteiger partial charge in [0, 0.05) is 55.2 Å². The number of rotatable bonds is 8. The van der Waals surface area contributed by atoms with Crippen molar-refractivity contribution in [1.82, 2.24) is 20.2 Å². The van der Waals surface area contributed by atoms with E-state index < -0.39 is 0 Å². The van der Waals surface area contributed by atoms with E-state index in [-0.39, 0.29) is 24.2 Å². The summed E-state index contributed by atoms with van der Waals surface area (Å²) >= 11 is 6.06. The molecule has 8 nitrogen and oxygen atoms in total. The number of aromatic nitrogens is 2. The van der Waals surface area contributed by atoms with Crippen LogP contribution in [0.4, 0.5) is 0 Å². The zero-order valence-corrected chi connectivity index (χ0v) is 23.9. The van der Waals surface area contributed by atoms with Gasteiger partial charge >= 0.3 is 0 Å². The number of halogens is 1. The number of aryl methyl sites for hydroxylation is 1. The van der Waals surface area contributed by atoms with Crippen LogP contribution < -0.4 is 5.32 Å². The third kappa shape index (κ3) is 7.16. The lowest BCUT2D eigenvalue weighted by Crippen LogP contribution is -2.54. The van der Waals surface area contributed by atoms with Crippen molar-refractivity contribution >= 4 is 17.5 Å². The third-order valence-corrected chi connectivity index (χ3v) is 8.78. The number of hydrogen-bond donors (Lipinski definition) is 1. The minimum atomic E-state index is 0.00662. The molecule has 0 radical (unpaired) electrons. The van der Waals surface area contributed by atoms with Crippen molar-refractivity contribution in [2.75, 3.05) is 33.4 Å². The molecule has 4 atom stereocenters. The molecule has 3 aliphatic rings. The molecule has 3 fully saturated rings. The lowest BCUT2D eigenvalue weighted by atomic mass is 9.95. The third-order valence-electron chi connectivity index (χ3n) is 8.52. The van der Waals surface area contributed by atoms with E-state index in [1.165, 1.54) is 11.9 Å². The highest BCUT2D eigenvalue weighted by Gasteiger charge is 2.31. The van der Waals surface area contributed by atoms with Gasteiger partial charge in [0.2, 0.25) is 0 Å². The summed E-state index contributed by atoms with van der Waals surface area (Å²) < 4.78 is 17.6. The van der Waals surface area contributed by atoms with Crippen molar-refractivity contribution < 1.29 is 19.0 Å². The molecule has 1 aromatic heterocycles. The predicted molar refractivity (Wildman–Crippen MR) is 150 cm³/mol. The van der Waals surface area contributed by atoms with Gasteiger partial charge in [-0.2, -0.15) is 0 Å². The molecule has 1 N–H and O–H groups in total. The Hall–Kier alpha value is -2.10. The van der Waals surface area contributed by atoms with Crippen LogP contribution in [0.5, 0.6) is 0 Å². The average molecular weight is 557 g/mol. The molecule has 3 aliphatic heterocycles. The van der Waals surface area contributed by atoms with E-state index in [4.69, 9.17) is 25.8 Å². The molecular weight excluding hydrogens is 516 g/mol. The molecule has 1 amide bonds.